The highest BCUT2D eigenvalue weighted by Gasteiger charge is 2.29. The van der Waals surface area contributed by atoms with Crippen molar-refractivity contribution in [2.45, 2.75) is 64.5 Å². The van der Waals surface area contributed by atoms with E-state index in [0.29, 0.717) is 12.0 Å². The Morgan fingerprint density at radius 3 is 2.21 bits per heavy atom. The highest BCUT2D eigenvalue weighted by atomic mass is 16.3. The summed E-state index contributed by atoms with van der Waals surface area (Å²) >= 11 is 0. The third-order valence-corrected chi connectivity index (χ3v) is 3.06. The van der Waals surface area contributed by atoms with Crippen LogP contribution in [0, 0.1) is 5.92 Å². The summed E-state index contributed by atoms with van der Waals surface area (Å²) in [5.74, 6) is 0.603. The van der Waals surface area contributed by atoms with Gasteiger partial charge in [-0.25, -0.2) is 0 Å². The van der Waals surface area contributed by atoms with E-state index < -0.39 is 0 Å². The minimum atomic E-state index is -0.0915. The second-order valence-corrected chi connectivity index (χ2v) is 4.59. The third kappa shape index (κ3) is 4.43. The predicted octanol–water partition coefficient (Wildman–Crippen LogP) is 2.32. The summed E-state index contributed by atoms with van der Waals surface area (Å²) in [6.07, 6.45) is 7.32. The molecule has 1 saturated carbocycles. The van der Waals surface area contributed by atoms with E-state index >= 15 is 0 Å². The number of hydrogen-bond acceptors (Lipinski definition) is 2. The van der Waals surface area contributed by atoms with Gasteiger partial charge in [0, 0.05) is 12.6 Å². The Hall–Kier alpha value is -0.0800. The smallest absolute Gasteiger partial charge is 0.0692 e. The van der Waals surface area contributed by atoms with Crippen LogP contribution < -0.4 is 5.32 Å². The van der Waals surface area contributed by atoms with Gasteiger partial charge in [-0.05, 0) is 31.6 Å². The SMILES string of the molecule is CCCC(CCC)NCC(O)C1CC1. The van der Waals surface area contributed by atoms with Crippen molar-refractivity contribution >= 4 is 0 Å². The average molecular weight is 199 g/mol. The summed E-state index contributed by atoms with van der Waals surface area (Å²) in [5, 5.41) is 13.2. The fourth-order valence-corrected chi connectivity index (χ4v) is 1.98. The summed E-state index contributed by atoms with van der Waals surface area (Å²) in [7, 11) is 0. The van der Waals surface area contributed by atoms with Gasteiger partial charge in [0.2, 0.25) is 0 Å². The van der Waals surface area contributed by atoms with Crippen molar-refractivity contribution < 1.29 is 5.11 Å². The maximum atomic E-state index is 9.71. The lowest BCUT2D eigenvalue weighted by Gasteiger charge is -2.19. The van der Waals surface area contributed by atoms with E-state index in [1.807, 2.05) is 0 Å². The monoisotopic (exact) mass is 199 g/mol. The Morgan fingerprint density at radius 2 is 1.79 bits per heavy atom. The zero-order valence-electron chi connectivity index (χ0n) is 9.63. The Morgan fingerprint density at radius 1 is 1.21 bits per heavy atom. The zero-order chi connectivity index (χ0) is 10.4. The van der Waals surface area contributed by atoms with Gasteiger partial charge in [0.25, 0.3) is 0 Å². The molecule has 14 heavy (non-hydrogen) atoms. The normalized spacial score (nSPS) is 18.9. The highest BCUT2D eigenvalue weighted by Crippen LogP contribution is 2.32. The van der Waals surface area contributed by atoms with Gasteiger partial charge in [0.1, 0.15) is 0 Å². The number of aliphatic hydroxyl groups excluding tert-OH is 1. The van der Waals surface area contributed by atoms with E-state index in [0.717, 1.165) is 6.54 Å². The third-order valence-electron chi connectivity index (χ3n) is 3.06. The lowest BCUT2D eigenvalue weighted by molar-refractivity contribution is 0.143. The second-order valence-electron chi connectivity index (χ2n) is 4.59. The van der Waals surface area contributed by atoms with Crippen LogP contribution in [0.5, 0.6) is 0 Å². The quantitative estimate of drug-likeness (QED) is 0.629. The molecule has 1 unspecified atom stereocenters. The molecule has 2 N–H and O–H groups in total. The molecule has 0 aromatic heterocycles. The number of rotatable bonds is 8. The van der Waals surface area contributed by atoms with E-state index in [1.165, 1.54) is 38.5 Å². The van der Waals surface area contributed by atoms with Crippen molar-refractivity contribution in [1.29, 1.82) is 0 Å². The van der Waals surface area contributed by atoms with Gasteiger partial charge in [-0.15, -0.1) is 0 Å². The Bertz CT molecular complexity index is 139. The van der Waals surface area contributed by atoms with Gasteiger partial charge in [0.05, 0.1) is 6.10 Å². The molecule has 1 fully saturated rings. The van der Waals surface area contributed by atoms with E-state index in [1.54, 1.807) is 0 Å². The summed E-state index contributed by atoms with van der Waals surface area (Å²) in [5.41, 5.74) is 0. The molecule has 0 aromatic carbocycles. The van der Waals surface area contributed by atoms with Crippen molar-refractivity contribution in [1.82, 2.24) is 5.32 Å². The van der Waals surface area contributed by atoms with Crippen LogP contribution in [-0.4, -0.2) is 23.8 Å². The van der Waals surface area contributed by atoms with Crippen molar-refractivity contribution in [3.8, 4) is 0 Å². The highest BCUT2D eigenvalue weighted by molar-refractivity contribution is 4.83. The second kappa shape index (κ2) is 6.41. The number of aliphatic hydroxyl groups is 1. The predicted molar refractivity (Wildman–Crippen MR) is 60.3 cm³/mol. The molecule has 2 heteroatoms. The van der Waals surface area contributed by atoms with Crippen molar-refractivity contribution in [3.63, 3.8) is 0 Å². The molecule has 1 rings (SSSR count). The lowest BCUT2D eigenvalue weighted by atomic mass is 10.1. The first-order valence-electron chi connectivity index (χ1n) is 6.19. The molecule has 0 aromatic rings. The number of hydrogen-bond donors (Lipinski definition) is 2. The Labute approximate surface area is 88.1 Å². The van der Waals surface area contributed by atoms with Crippen LogP contribution in [0.2, 0.25) is 0 Å². The Balaban J connectivity index is 2.10. The van der Waals surface area contributed by atoms with Gasteiger partial charge >= 0.3 is 0 Å². The first-order chi connectivity index (χ1) is 6.77. The average Bonchev–Trinajstić information content (AvgIpc) is 2.97. The summed E-state index contributed by atoms with van der Waals surface area (Å²) < 4.78 is 0. The minimum Gasteiger partial charge on any atom is -0.392 e. The van der Waals surface area contributed by atoms with Crippen LogP contribution in [0.25, 0.3) is 0 Å². The van der Waals surface area contributed by atoms with Crippen LogP contribution in [0.15, 0.2) is 0 Å². The molecule has 1 aliphatic rings. The summed E-state index contributed by atoms with van der Waals surface area (Å²) in [6, 6.07) is 0.624. The molecule has 2 nitrogen and oxygen atoms in total. The topological polar surface area (TPSA) is 32.3 Å². The molecular formula is C12H25NO. The molecule has 0 spiro atoms. The van der Waals surface area contributed by atoms with Crippen LogP contribution in [0.1, 0.15) is 52.4 Å². The van der Waals surface area contributed by atoms with Crippen molar-refractivity contribution in [2.75, 3.05) is 6.54 Å². The van der Waals surface area contributed by atoms with Crippen LogP contribution >= 0.6 is 0 Å². The molecular weight excluding hydrogens is 174 g/mol. The van der Waals surface area contributed by atoms with E-state index in [9.17, 15) is 5.11 Å². The van der Waals surface area contributed by atoms with E-state index in [2.05, 4.69) is 19.2 Å². The summed E-state index contributed by atoms with van der Waals surface area (Å²) in [6.45, 7) is 5.25. The Kier molecular flexibility index (Phi) is 5.49. The van der Waals surface area contributed by atoms with Gasteiger partial charge in [0.15, 0.2) is 0 Å². The molecule has 0 saturated heterocycles. The zero-order valence-corrected chi connectivity index (χ0v) is 9.63. The van der Waals surface area contributed by atoms with E-state index in [4.69, 9.17) is 0 Å². The largest absolute Gasteiger partial charge is 0.392 e. The number of nitrogens with one attached hydrogen (secondary N) is 1. The molecule has 0 heterocycles. The van der Waals surface area contributed by atoms with Crippen molar-refractivity contribution in [2.24, 2.45) is 5.92 Å². The van der Waals surface area contributed by atoms with Crippen molar-refractivity contribution in [3.05, 3.63) is 0 Å². The molecule has 0 aliphatic heterocycles. The van der Waals surface area contributed by atoms with E-state index in [-0.39, 0.29) is 6.10 Å². The minimum absolute atomic E-state index is 0.0915. The molecule has 84 valence electrons. The van der Waals surface area contributed by atoms with Gasteiger partial charge in [-0.3, -0.25) is 0 Å². The fourth-order valence-electron chi connectivity index (χ4n) is 1.98. The first kappa shape index (κ1) is 12.0. The molecule has 0 amide bonds. The first-order valence-corrected chi connectivity index (χ1v) is 6.19. The lowest BCUT2D eigenvalue weighted by Crippen LogP contribution is -2.36. The molecule has 0 radical (unpaired) electrons. The van der Waals surface area contributed by atoms with Gasteiger partial charge in [-0.1, -0.05) is 26.7 Å². The van der Waals surface area contributed by atoms with Crippen LogP contribution in [-0.2, 0) is 0 Å². The fraction of sp³-hybridized carbons (Fsp3) is 1.00. The van der Waals surface area contributed by atoms with Gasteiger partial charge < -0.3 is 10.4 Å². The standard InChI is InChI=1S/C12H25NO/c1-3-5-11(6-4-2)13-9-12(14)10-7-8-10/h10-14H,3-9H2,1-2H3. The van der Waals surface area contributed by atoms with Gasteiger partial charge in [-0.2, -0.15) is 0 Å². The molecule has 1 atom stereocenters. The maximum Gasteiger partial charge on any atom is 0.0692 e. The van der Waals surface area contributed by atoms with Crippen LogP contribution in [0.3, 0.4) is 0 Å². The summed E-state index contributed by atoms with van der Waals surface area (Å²) in [4.78, 5) is 0. The van der Waals surface area contributed by atoms with Crippen LogP contribution in [0.4, 0.5) is 0 Å². The maximum absolute atomic E-state index is 9.71. The molecule has 1 aliphatic carbocycles. The molecule has 0 bridgehead atoms.